The largest absolute Gasteiger partial charge is 0.392 e. The fraction of sp³-hybridized carbons (Fsp3) is 0.739. The fourth-order valence-corrected chi connectivity index (χ4v) is 9.23. The molecular formula is C23H33N2O2+. The maximum Gasteiger partial charge on any atom is 0.194 e. The first-order valence-corrected chi connectivity index (χ1v) is 11.1. The minimum Gasteiger partial charge on any atom is -0.392 e. The van der Waals surface area contributed by atoms with Crippen LogP contribution in [0, 0.1) is 17.8 Å². The zero-order valence-electron chi connectivity index (χ0n) is 16.8. The van der Waals surface area contributed by atoms with Crippen molar-refractivity contribution < 1.29 is 14.7 Å². The van der Waals surface area contributed by atoms with Crippen molar-refractivity contribution in [2.24, 2.45) is 17.8 Å². The fourth-order valence-electron chi connectivity index (χ4n) is 9.23. The van der Waals surface area contributed by atoms with Crippen LogP contribution < -0.4 is 4.90 Å². The molecule has 2 N–H and O–H groups in total. The number of aliphatic hydroxyl groups excluding tert-OH is 2. The van der Waals surface area contributed by atoms with Gasteiger partial charge >= 0.3 is 0 Å². The van der Waals surface area contributed by atoms with Crippen molar-refractivity contribution in [2.75, 3.05) is 18.5 Å². The van der Waals surface area contributed by atoms with Crippen LogP contribution in [0.4, 0.5) is 5.69 Å². The van der Waals surface area contributed by atoms with E-state index >= 15 is 0 Å². The molecule has 4 heteroatoms. The van der Waals surface area contributed by atoms with Gasteiger partial charge in [-0.05, 0) is 30.4 Å². The lowest BCUT2D eigenvalue weighted by Gasteiger charge is -2.68. The van der Waals surface area contributed by atoms with E-state index in [1.807, 2.05) is 0 Å². The van der Waals surface area contributed by atoms with Gasteiger partial charge < -0.3 is 15.1 Å². The van der Waals surface area contributed by atoms with Gasteiger partial charge in [0.2, 0.25) is 0 Å². The van der Waals surface area contributed by atoms with Crippen LogP contribution in [0.1, 0.15) is 45.1 Å². The van der Waals surface area contributed by atoms with Crippen molar-refractivity contribution in [1.29, 1.82) is 0 Å². The van der Waals surface area contributed by atoms with Crippen molar-refractivity contribution in [1.82, 2.24) is 0 Å². The summed E-state index contributed by atoms with van der Waals surface area (Å²) in [6, 6.07) is 9.97. The minimum absolute atomic E-state index is 0.127. The Kier molecular flexibility index (Phi) is 3.17. The van der Waals surface area contributed by atoms with Crippen LogP contribution in [0.5, 0.6) is 0 Å². The molecule has 4 nitrogen and oxygen atoms in total. The van der Waals surface area contributed by atoms with Gasteiger partial charge in [-0.3, -0.25) is 4.48 Å². The van der Waals surface area contributed by atoms with Gasteiger partial charge in [0.05, 0.1) is 30.1 Å². The maximum absolute atomic E-state index is 11.9. The van der Waals surface area contributed by atoms with E-state index in [2.05, 4.69) is 50.1 Å². The molecule has 5 fully saturated rings. The Hall–Kier alpha value is -1.10. The number of rotatable bonds is 3. The summed E-state index contributed by atoms with van der Waals surface area (Å²) < 4.78 is 0.873. The van der Waals surface area contributed by atoms with E-state index < -0.39 is 0 Å². The van der Waals surface area contributed by atoms with Crippen molar-refractivity contribution in [2.45, 2.75) is 75.4 Å². The van der Waals surface area contributed by atoms with Gasteiger partial charge in [-0.1, -0.05) is 32.0 Å². The lowest BCUT2D eigenvalue weighted by atomic mass is 9.60. The number of piperidine rings is 4. The molecular weight excluding hydrogens is 336 g/mol. The third-order valence-electron chi connectivity index (χ3n) is 9.73. The van der Waals surface area contributed by atoms with Gasteiger partial charge in [0.1, 0.15) is 6.04 Å². The van der Waals surface area contributed by atoms with E-state index in [0.717, 1.165) is 30.3 Å². The summed E-state index contributed by atoms with van der Waals surface area (Å²) in [6.45, 7) is 5.56. The Morgan fingerprint density at radius 2 is 1.96 bits per heavy atom. The highest BCUT2D eigenvalue weighted by atomic mass is 16.3. The zero-order valence-corrected chi connectivity index (χ0v) is 16.8. The van der Waals surface area contributed by atoms with Gasteiger partial charge in [0.15, 0.2) is 6.23 Å². The van der Waals surface area contributed by atoms with Crippen LogP contribution in [-0.4, -0.2) is 58.7 Å². The summed E-state index contributed by atoms with van der Waals surface area (Å²) in [7, 11) is 2.23. The van der Waals surface area contributed by atoms with E-state index in [4.69, 9.17) is 0 Å². The first-order chi connectivity index (χ1) is 13.0. The first kappa shape index (κ1) is 16.8. The second kappa shape index (κ2) is 5.08. The molecule has 5 aliphatic heterocycles. The van der Waals surface area contributed by atoms with Crippen molar-refractivity contribution in [3.63, 3.8) is 0 Å². The lowest BCUT2D eigenvalue weighted by Crippen LogP contribution is -2.83. The molecule has 2 unspecified atom stereocenters. The summed E-state index contributed by atoms with van der Waals surface area (Å²) in [5.41, 5.74) is 2.56. The summed E-state index contributed by atoms with van der Waals surface area (Å²) in [6.07, 6.45) is 3.84. The minimum atomic E-state index is -0.271. The molecule has 1 aromatic rings. The molecule has 0 amide bonds. The predicted octanol–water partition coefficient (Wildman–Crippen LogP) is 2.48. The second-order valence-corrected chi connectivity index (χ2v) is 10.1. The number of hydrogen-bond acceptors (Lipinski definition) is 3. The average molecular weight is 370 g/mol. The normalized spacial score (nSPS) is 53.7. The number of likely N-dealkylation sites (N-methyl/N-ethyl adjacent to an activating group) is 1. The van der Waals surface area contributed by atoms with Gasteiger partial charge in [-0.2, -0.15) is 0 Å². The molecule has 0 radical (unpaired) electrons. The molecule has 4 saturated heterocycles. The van der Waals surface area contributed by atoms with Crippen LogP contribution in [0.25, 0.3) is 0 Å². The third-order valence-corrected chi connectivity index (χ3v) is 9.73. The highest BCUT2D eigenvalue weighted by Gasteiger charge is 2.82. The summed E-state index contributed by atoms with van der Waals surface area (Å²) in [5.74, 6) is 1.18. The van der Waals surface area contributed by atoms with Crippen LogP contribution >= 0.6 is 0 Å². The monoisotopic (exact) mass is 369 g/mol. The molecule has 10 atom stereocenters. The van der Waals surface area contributed by atoms with E-state index in [9.17, 15) is 10.2 Å². The van der Waals surface area contributed by atoms with E-state index in [1.54, 1.807) is 0 Å². The molecule has 1 aliphatic carbocycles. The van der Waals surface area contributed by atoms with Gasteiger partial charge in [-0.15, -0.1) is 0 Å². The Balaban J connectivity index is 1.62. The maximum atomic E-state index is 11.9. The number of para-hydroxylation sites is 1. The number of aliphatic hydroxyl groups is 2. The molecule has 146 valence electrons. The Bertz CT molecular complexity index is 798. The van der Waals surface area contributed by atoms with Crippen molar-refractivity contribution in [3.8, 4) is 0 Å². The topological polar surface area (TPSA) is 43.7 Å². The van der Waals surface area contributed by atoms with E-state index in [1.165, 1.54) is 17.7 Å². The number of nitrogens with zero attached hydrogens (tertiary/aromatic N) is 2. The molecule has 27 heavy (non-hydrogen) atoms. The number of hydrogen-bond donors (Lipinski definition) is 2. The van der Waals surface area contributed by atoms with Gasteiger partial charge in [0.25, 0.3) is 0 Å². The van der Waals surface area contributed by atoms with Crippen LogP contribution in [-0.2, 0) is 5.41 Å². The molecule has 0 aromatic heterocycles. The highest BCUT2D eigenvalue weighted by Crippen LogP contribution is 2.71. The standard InChI is InChI=1S/C23H33N2O2/c1-4-10-25-17-11-14(13(5-2)22(25)27)19-18(25)12-23(21(19)26)15-8-6-7-9-16(15)24(3)20(17)23/h6-9,13-14,17-22,26-27H,4-5,10-12H2,1-3H3/q+1/t13-,14+,17-,18-,19?,20-,21+,22+,23?,25-/m0/s1. The molecule has 1 aromatic carbocycles. The average Bonchev–Trinajstić information content (AvgIpc) is 3.06. The number of fused-ring (bicyclic) bond motifs is 2. The molecule has 6 aliphatic rings. The number of benzene rings is 1. The zero-order chi connectivity index (χ0) is 18.7. The third kappa shape index (κ3) is 1.51. The van der Waals surface area contributed by atoms with Gasteiger partial charge in [0, 0.05) is 37.4 Å². The summed E-state index contributed by atoms with van der Waals surface area (Å²) in [4.78, 5) is 2.48. The second-order valence-electron chi connectivity index (χ2n) is 10.1. The molecule has 7 rings (SSSR count). The van der Waals surface area contributed by atoms with Gasteiger partial charge in [-0.25, -0.2) is 0 Å². The number of anilines is 1. The Morgan fingerprint density at radius 1 is 1.19 bits per heavy atom. The predicted molar refractivity (Wildman–Crippen MR) is 105 cm³/mol. The molecule has 1 spiro atoms. The quantitative estimate of drug-likeness (QED) is 0.805. The van der Waals surface area contributed by atoms with E-state index in [-0.39, 0.29) is 17.7 Å². The first-order valence-electron chi connectivity index (χ1n) is 11.1. The lowest BCUT2D eigenvalue weighted by molar-refractivity contribution is -1.04. The summed E-state index contributed by atoms with van der Waals surface area (Å²) in [5, 5.41) is 23.6. The Labute approximate surface area is 162 Å². The smallest absolute Gasteiger partial charge is 0.194 e. The highest BCUT2D eigenvalue weighted by molar-refractivity contribution is 5.66. The molecule has 1 saturated carbocycles. The SMILES string of the molecule is CCC[N@+]12[C@H](O)[C@@H](CC)[C@H]3C[C@H]1[C@@H]1N(C)c4ccccc4C14C[C@H]2C3[C@H]4O. The van der Waals surface area contributed by atoms with Crippen LogP contribution in [0.15, 0.2) is 24.3 Å². The van der Waals surface area contributed by atoms with Crippen LogP contribution in [0.2, 0.25) is 0 Å². The Morgan fingerprint density at radius 3 is 2.70 bits per heavy atom. The van der Waals surface area contributed by atoms with Crippen molar-refractivity contribution in [3.05, 3.63) is 29.8 Å². The number of quaternary nitrogens is 1. The van der Waals surface area contributed by atoms with Crippen LogP contribution in [0.3, 0.4) is 0 Å². The summed E-state index contributed by atoms with van der Waals surface area (Å²) >= 11 is 0. The molecule has 5 heterocycles. The van der Waals surface area contributed by atoms with E-state index in [0.29, 0.717) is 35.9 Å². The molecule has 5 bridgehead atoms. The van der Waals surface area contributed by atoms with Crippen molar-refractivity contribution >= 4 is 5.69 Å².